The van der Waals surface area contributed by atoms with E-state index in [-0.39, 0.29) is 0 Å². The molecule has 0 fully saturated rings. The van der Waals surface area contributed by atoms with Crippen LogP contribution in [-0.2, 0) is 4.79 Å². The number of hydrogen-bond acceptors (Lipinski definition) is 3. The van der Waals surface area contributed by atoms with Crippen molar-refractivity contribution in [2.45, 2.75) is 0 Å². The molecule has 0 unspecified atom stereocenters. The van der Waals surface area contributed by atoms with Crippen LogP contribution in [0, 0.1) is 0 Å². The molecule has 0 saturated heterocycles. The first kappa shape index (κ1) is 12.2. The second-order valence-corrected chi connectivity index (χ2v) is 3.95. The molecule has 18 heavy (non-hydrogen) atoms. The van der Waals surface area contributed by atoms with Gasteiger partial charge in [-0.2, -0.15) is 4.99 Å². The van der Waals surface area contributed by atoms with E-state index in [0.29, 0.717) is 33.7 Å². The molecule has 2 aromatic carbocycles. The molecule has 2 rings (SSSR count). The molecule has 3 nitrogen and oxygen atoms in total. The van der Waals surface area contributed by atoms with Crippen LogP contribution in [0.5, 0.6) is 0 Å². The number of carbonyl (C=O) groups is 1. The molecule has 0 aliphatic carbocycles. The van der Waals surface area contributed by atoms with E-state index < -0.39 is 0 Å². The summed E-state index contributed by atoms with van der Waals surface area (Å²) >= 11 is 6.10. The first-order chi connectivity index (χ1) is 8.77. The summed E-state index contributed by atoms with van der Waals surface area (Å²) in [7, 11) is 0. The van der Waals surface area contributed by atoms with E-state index in [4.69, 9.17) is 11.6 Å². The van der Waals surface area contributed by atoms with Crippen LogP contribution in [0.4, 0.5) is 5.69 Å². The molecular formula is C14H8ClNO2. The fraction of sp³-hybridized carbons (Fsp3) is 0. The Bertz CT molecular complexity index is 646. The molecule has 0 aliphatic heterocycles. The number of isocyanates is 1. The summed E-state index contributed by atoms with van der Waals surface area (Å²) in [5, 5.41) is 0.495. The average Bonchev–Trinajstić information content (AvgIpc) is 2.40. The van der Waals surface area contributed by atoms with Crippen LogP contribution in [0.3, 0.4) is 0 Å². The maximum atomic E-state index is 11.1. The minimum absolute atomic E-state index is 0.377. The van der Waals surface area contributed by atoms with E-state index in [0.717, 1.165) is 0 Å². The van der Waals surface area contributed by atoms with Crippen molar-refractivity contribution in [2.75, 3.05) is 0 Å². The third-order valence-corrected chi connectivity index (χ3v) is 2.84. The van der Waals surface area contributed by atoms with Gasteiger partial charge in [0.15, 0.2) is 6.29 Å². The number of aliphatic imine (C=N–C) groups is 1. The van der Waals surface area contributed by atoms with Gasteiger partial charge in [-0.3, -0.25) is 4.79 Å². The van der Waals surface area contributed by atoms with Crippen molar-refractivity contribution in [3.63, 3.8) is 0 Å². The Hall–Kier alpha value is -2.22. The van der Waals surface area contributed by atoms with Crippen LogP contribution in [0.1, 0.15) is 10.4 Å². The molecule has 0 atom stereocenters. The van der Waals surface area contributed by atoms with Gasteiger partial charge in [0.05, 0.1) is 5.69 Å². The maximum Gasteiger partial charge on any atom is 0.240 e. The first-order valence-electron chi connectivity index (χ1n) is 5.19. The maximum absolute atomic E-state index is 11.1. The van der Waals surface area contributed by atoms with E-state index in [1.54, 1.807) is 42.5 Å². The third kappa shape index (κ3) is 2.23. The number of rotatable bonds is 3. The minimum atomic E-state index is 0.377. The zero-order chi connectivity index (χ0) is 13.0. The van der Waals surface area contributed by atoms with Crippen molar-refractivity contribution >= 4 is 29.7 Å². The van der Waals surface area contributed by atoms with Crippen LogP contribution in [0.15, 0.2) is 47.5 Å². The second kappa shape index (κ2) is 5.41. The number of hydrogen-bond donors (Lipinski definition) is 0. The molecule has 0 bridgehead atoms. The number of aldehydes is 1. The fourth-order valence-corrected chi connectivity index (χ4v) is 1.99. The van der Waals surface area contributed by atoms with E-state index in [2.05, 4.69) is 4.99 Å². The van der Waals surface area contributed by atoms with Gasteiger partial charge >= 0.3 is 0 Å². The Morgan fingerprint density at radius 3 is 2.56 bits per heavy atom. The Morgan fingerprint density at radius 1 is 1.11 bits per heavy atom. The van der Waals surface area contributed by atoms with Crippen molar-refractivity contribution in [3.8, 4) is 11.1 Å². The number of benzene rings is 2. The highest BCUT2D eigenvalue weighted by Crippen LogP contribution is 2.36. The summed E-state index contributed by atoms with van der Waals surface area (Å²) in [4.78, 5) is 25.1. The number of nitrogens with zero attached hydrogens (tertiary/aromatic N) is 1. The van der Waals surface area contributed by atoms with E-state index in [1.807, 2.05) is 0 Å². The summed E-state index contributed by atoms with van der Waals surface area (Å²) in [6.07, 6.45) is 2.19. The summed E-state index contributed by atoms with van der Waals surface area (Å²) in [5.74, 6) is 0. The lowest BCUT2D eigenvalue weighted by atomic mass is 9.98. The molecule has 0 aliphatic rings. The third-order valence-electron chi connectivity index (χ3n) is 2.51. The second-order valence-electron chi connectivity index (χ2n) is 3.54. The quantitative estimate of drug-likeness (QED) is 0.477. The van der Waals surface area contributed by atoms with Gasteiger partial charge in [0.2, 0.25) is 6.08 Å². The predicted molar refractivity (Wildman–Crippen MR) is 70.1 cm³/mol. The molecule has 0 aromatic heterocycles. The molecule has 0 heterocycles. The van der Waals surface area contributed by atoms with Gasteiger partial charge in [0.25, 0.3) is 0 Å². The predicted octanol–water partition coefficient (Wildman–Crippen LogP) is 3.79. The van der Waals surface area contributed by atoms with Crippen LogP contribution in [-0.4, -0.2) is 12.4 Å². The summed E-state index contributed by atoms with van der Waals surface area (Å²) in [6.45, 7) is 0. The van der Waals surface area contributed by atoms with Crippen LogP contribution in [0.2, 0.25) is 5.02 Å². The van der Waals surface area contributed by atoms with Crippen molar-refractivity contribution in [1.29, 1.82) is 0 Å². The van der Waals surface area contributed by atoms with Gasteiger partial charge in [-0.1, -0.05) is 41.9 Å². The normalized spacial score (nSPS) is 9.61. The molecule has 0 N–H and O–H groups in total. The lowest BCUT2D eigenvalue weighted by Gasteiger charge is -2.09. The van der Waals surface area contributed by atoms with Gasteiger partial charge in [-0.25, -0.2) is 4.79 Å². The Balaban J connectivity index is 2.79. The highest BCUT2D eigenvalue weighted by molar-refractivity contribution is 6.33. The molecule has 4 heteroatoms. The molecule has 2 aromatic rings. The summed E-state index contributed by atoms with van der Waals surface area (Å²) in [6, 6.07) is 12.0. The standard InChI is InChI=1S/C14H8ClNO2/c15-12-6-2-1-5-11(12)14-10(8-17)4-3-7-13(14)16-9-18/h1-8H. The summed E-state index contributed by atoms with van der Waals surface area (Å²) in [5.41, 5.74) is 2.01. The number of carbonyl (C=O) groups excluding carboxylic acids is 2. The van der Waals surface area contributed by atoms with E-state index >= 15 is 0 Å². The Morgan fingerprint density at radius 2 is 1.89 bits per heavy atom. The SMILES string of the molecule is O=C=Nc1cccc(C=O)c1-c1ccccc1Cl. The Labute approximate surface area is 109 Å². The van der Waals surface area contributed by atoms with Gasteiger partial charge in [0, 0.05) is 21.7 Å². The highest BCUT2D eigenvalue weighted by Gasteiger charge is 2.12. The van der Waals surface area contributed by atoms with Crippen molar-refractivity contribution in [3.05, 3.63) is 53.1 Å². The molecule has 88 valence electrons. The van der Waals surface area contributed by atoms with Gasteiger partial charge < -0.3 is 0 Å². The van der Waals surface area contributed by atoms with E-state index in [1.165, 1.54) is 6.08 Å². The monoisotopic (exact) mass is 257 g/mol. The molecule has 0 radical (unpaired) electrons. The van der Waals surface area contributed by atoms with E-state index in [9.17, 15) is 9.59 Å². The summed E-state index contributed by atoms with van der Waals surface area (Å²) < 4.78 is 0. The average molecular weight is 258 g/mol. The largest absolute Gasteiger partial charge is 0.298 e. The van der Waals surface area contributed by atoms with Crippen molar-refractivity contribution in [1.82, 2.24) is 0 Å². The topological polar surface area (TPSA) is 46.5 Å². The molecular weight excluding hydrogens is 250 g/mol. The Kier molecular flexibility index (Phi) is 3.68. The highest BCUT2D eigenvalue weighted by atomic mass is 35.5. The lowest BCUT2D eigenvalue weighted by molar-refractivity contribution is 0.112. The molecule has 0 amide bonds. The van der Waals surface area contributed by atoms with Crippen molar-refractivity contribution in [2.24, 2.45) is 4.99 Å². The fourth-order valence-electron chi connectivity index (χ4n) is 1.76. The van der Waals surface area contributed by atoms with Crippen LogP contribution >= 0.6 is 11.6 Å². The zero-order valence-electron chi connectivity index (χ0n) is 9.26. The molecule has 0 spiro atoms. The van der Waals surface area contributed by atoms with Crippen LogP contribution in [0.25, 0.3) is 11.1 Å². The lowest BCUT2D eigenvalue weighted by Crippen LogP contribution is -1.89. The van der Waals surface area contributed by atoms with Crippen LogP contribution < -0.4 is 0 Å². The molecule has 0 saturated carbocycles. The van der Waals surface area contributed by atoms with Gasteiger partial charge in [0.1, 0.15) is 0 Å². The first-order valence-corrected chi connectivity index (χ1v) is 5.56. The zero-order valence-corrected chi connectivity index (χ0v) is 10.0. The van der Waals surface area contributed by atoms with Crippen molar-refractivity contribution < 1.29 is 9.59 Å². The van der Waals surface area contributed by atoms with Gasteiger partial charge in [-0.15, -0.1) is 0 Å². The minimum Gasteiger partial charge on any atom is -0.298 e. The smallest absolute Gasteiger partial charge is 0.240 e. The van der Waals surface area contributed by atoms with Gasteiger partial charge in [-0.05, 0) is 12.1 Å². The number of halogens is 1.